The predicted octanol–water partition coefficient (Wildman–Crippen LogP) is 5.79. The normalized spacial score (nSPS) is 12.7. The lowest BCUT2D eigenvalue weighted by Crippen LogP contribution is -2.49. The maximum atomic E-state index is 13.1. The smallest absolute Gasteiger partial charge is 0.242 e. The molecule has 0 aliphatic carbocycles. The van der Waals surface area contributed by atoms with Gasteiger partial charge in [-0.1, -0.05) is 53.9 Å². The van der Waals surface area contributed by atoms with Crippen molar-refractivity contribution in [2.24, 2.45) is 0 Å². The van der Waals surface area contributed by atoms with Gasteiger partial charge in [-0.05, 0) is 57.9 Å². The summed E-state index contributed by atoms with van der Waals surface area (Å²) in [4.78, 5) is 27.4. The maximum Gasteiger partial charge on any atom is 0.242 e. The molecule has 0 aliphatic rings. The van der Waals surface area contributed by atoms with Gasteiger partial charge in [-0.15, -0.1) is 0 Å². The van der Waals surface area contributed by atoms with Crippen LogP contribution in [0.4, 0.5) is 0 Å². The van der Waals surface area contributed by atoms with E-state index in [1.807, 2.05) is 45.0 Å². The van der Waals surface area contributed by atoms with Crippen LogP contribution >= 0.6 is 23.2 Å². The van der Waals surface area contributed by atoms with Crippen LogP contribution in [0.3, 0.4) is 0 Å². The second-order valence-corrected chi connectivity index (χ2v) is 8.80. The molecule has 0 unspecified atom stereocenters. The lowest BCUT2D eigenvalue weighted by atomic mass is 10.1. The van der Waals surface area contributed by atoms with E-state index in [-0.39, 0.29) is 30.8 Å². The lowest BCUT2D eigenvalue weighted by molar-refractivity contribution is -0.141. The fourth-order valence-corrected chi connectivity index (χ4v) is 3.61. The molecule has 0 bridgehead atoms. The monoisotopic (exact) mass is 478 g/mol. The number of rotatable bonds is 11. The van der Waals surface area contributed by atoms with E-state index in [1.54, 1.807) is 25.1 Å². The third-order valence-electron chi connectivity index (χ3n) is 5.38. The van der Waals surface area contributed by atoms with Gasteiger partial charge in [0.25, 0.3) is 0 Å². The van der Waals surface area contributed by atoms with Crippen LogP contribution in [-0.2, 0) is 16.1 Å². The number of nitrogens with one attached hydrogen (secondary N) is 1. The van der Waals surface area contributed by atoms with Gasteiger partial charge in [-0.3, -0.25) is 9.59 Å². The Morgan fingerprint density at radius 2 is 1.69 bits per heavy atom. The van der Waals surface area contributed by atoms with Crippen LogP contribution < -0.4 is 10.1 Å². The molecule has 0 saturated heterocycles. The number of benzene rings is 2. The van der Waals surface area contributed by atoms with Crippen LogP contribution in [0.2, 0.25) is 10.0 Å². The van der Waals surface area contributed by atoms with E-state index in [1.165, 1.54) is 4.90 Å². The predicted molar refractivity (Wildman–Crippen MR) is 130 cm³/mol. The third-order valence-corrected chi connectivity index (χ3v) is 6.09. The van der Waals surface area contributed by atoms with Crippen molar-refractivity contribution < 1.29 is 14.3 Å². The summed E-state index contributed by atoms with van der Waals surface area (Å²) < 4.78 is 5.73. The molecule has 0 radical (unpaired) electrons. The number of hydrogen-bond acceptors (Lipinski definition) is 3. The number of halogens is 2. The Bertz CT molecular complexity index is 882. The second kappa shape index (κ2) is 12.7. The summed E-state index contributed by atoms with van der Waals surface area (Å²) in [6.07, 6.45) is 1.58. The van der Waals surface area contributed by atoms with Crippen LogP contribution in [0.1, 0.15) is 51.2 Å². The molecule has 0 aromatic heterocycles. The zero-order valence-corrected chi connectivity index (χ0v) is 20.7. The molecule has 0 fully saturated rings. The van der Waals surface area contributed by atoms with Gasteiger partial charge in [0.15, 0.2) is 0 Å². The van der Waals surface area contributed by atoms with Gasteiger partial charge >= 0.3 is 0 Å². The van der Waals surface area contributed by atoms with Gasteiger partial charge < -0.3 is 15.0 Å². The highest BCUT2D eigenvalue weighted by Gasteiger charge is 2.27. The standard InChI is InChI=1S/C25H32Cl2N2O3/c1-5-18(3)28-25(31)19(4)29(16-21-22(26)8-6-9-23(21)27)24(30)10-7-15-32-20-13-11-17(2)12-14-20/h6,8-9,11-14,18-19H,5,7,10,15-16H2,1-4H3,(H,28,31)/t18-,19+/m0/s1. The highest BCUT2D eigenvalue weighted by molar-refractivity contribution is 6.36. The molecular formula is C25H32Cl2N2O3. The Hall–Kier alpha value is -2.24. The molecule has 5 nitrogen and oxygen atoms in total. The Labute approximate surface area is 201 Å². The molecule has 174 valence electrons. The molecule has 2 aromatic rings. The van der Waals surface area contributed by atoms with Crippen LogP contribution in [0, 0.1) is 6.92 Å². The van der Waals surface area contributed by atoms with Crippen molar-refractivity contribution in [3.63, 3.8) is 0 Å². The summed E-state index contributed by atoms with van der Waals surface area (Å²) >= 11 is 12.7. The number of ether oxygens (including phenoxy) is 1. The Kier molecular flexibility index (Phi) is 10.3. The molecule has 0 spiro atoms. The highest BCUT2D eigenvalue weighted by atomic mass is 35.5. The summed E-state index contributed by atoms with van der Waals surface area (Å²) in [5.41, 5.74) is 1.79. The molecule has 2 atom stereocenters. The summed E-state index contributed by atoms with van der Waals surface area (Å²) in [5.74, 6) is 0.413. The van der Waals surface area contributed by atoms with E-state index in [0.29, 0.717) is 28.6 Å². The number of amides is 2. The molecule has 2 amide bonds. The lowest BCUT2D eigenvalue weighted by Gasteiger charge is -2.30. The first-order valence-electron chi connectivity index (χ1n) is 10.9. The molecule has 7 heteroatoms. The largest absolute Gasteiger partial charge is 0.494 e. The van der Waals surface area contributed by atoms with E-state index in [9.17, 15) is 9.59 Å². The van der Waals surface area contributed by atoms with Crippen LogP contribution in [0.15, 0.2) is 42.5 Å². The zero-order chi connectivity index (χ0) is 23.7. The molecule has 2 rings (SSSR count). The molecule has 0 saturated carbocycles. The number of carbonyl (C=O) groups excluding carboxylic acids is 2. The quantitative estimate of drug-likeness (QED) is 0.415. The maximum absolute atomic E-state index is 13.1. The highest BCUT2D eigenvalue weighted by Crippen LogP contribution is 2.27. The summed E-state index contributed by atoms with van der Waals surface area (Å²) in [6.45, 7) is 8.23. The minimum atomic E-state index is -0.665. The Balaban J connectivity index is 2.07. The van der Waals surface area contributed by atoms with Crippen LogP contribution in [0.25, 0.3) is 0 Å². The summed E-state index contributed by atoms with van der Waals surface area (Å²) in [5, 5.41) is 3.88. The van der Waals surface area contributed by atoms with Gasteiger partial charge in [0.1, 0.15) is 11.8 Å². The third kappa shape index (κ3) is 7.72. The van der Waals surface area contributed by atoms with Crippen molar-refractivity contribution >= 4 is 35.0 Å². The van der Waals surface area contributed by atoms with Crippen molar-refractivity contribution in [3.8, 4) is 5.75 Å². The van der Waals surface area contributed by atoms with E-state index in [4.69, 9.17) is 27.9 Å². The first kappa shape index (κ1) is 26.0. The SMILES string of the molecule is CC[C@H](C)NC(=O)[C@@H](C)N(Cc1c(Cl)cccc1Cl)C(=O)CCCOc1ccc(C)cc1. The van der Waals surface area contributed by atoms with E-state index < -0.39 is 6.04 Å². The fourth-order valence-electron chi connectivity index (χ4n) is 3.09. The zero-order valence-electron chi connectivity index (χ0n) is 19.2. The van der Waals surface area contributed by atoms with Gasteiger partial charge in [0.2, 0.25) is 11.8 Å². The van der Waals surface area contributed by atoms with Crippen molar-refractivity contribution in [2.75, 3.05) is 6.61 Å². The minimum Gasteiger partial charge on any atom is -0.494 e. The van der Waals surface area contributed by atoms with Gasteiger partial charge in [0.05, 0.1) is 6.61 Å². The molecule has 1 N–H and O–H groups in total. The average Bonchev–Trinajstić information content (AvgIpc) is 2.77. The van der Waals surface area contributed by atoms with E-state index in [2.05, 4.69) is 5.32 Å². The molecular weight excluding hydrogens is 447 g/mol. The second-order valence-electron chi connectivity index (χ2n) is 7.98. The van der Waals surface area contributed by atoms with Crippen molar-refractivity contribution in [1.29, 1.82) is 0 Å². The first-order valence-corrected chi connectivity index (χ1v) is 11.7. The van der Waals surface area contributed by atoms with Crippen LogP contribution in [-0.4, -0.2) is 35.4 Å². The van der Waals surface area contributed by atoms with Gasteiger partial charge in [-0.2, -0.15) is 0 Å². The number of carbonyl (C=O) groups is 2. The fraction of sp³-hybridized carbons (Fsp3) is 0.440. The van der Waals surface area contributed by atoms with Gasteiger partial charge in [0, 0.05) is 34.6 Å². The Morgan fingerprint density at radius 3 is 2.28 bits per heavy atom. The molecule has 2 aromatic carbocycles. The van der Waals surface area contributed by atoms with Crippen LogP contribution in [0.5, 0.6) is 5.75 Å². The number of hydrogen-bond donors (Lipinski definition) is 1. The summed E-state index contributed by atoms with van der Waals surface area (Å²) in [6, 6.07) is 12.3. The number of aryl methyl sites for hydroxylation is 1. The molecule has 32 heavy (non-hydrogen) atoms. The summed E-state index contributed by atoms with van der Waals surface area (Å²) in [7, 11) is 0. The first-order chi connectivity index (χ1) is 15.2. The van der Waals surface area contributed by atoms with E-state index in [0.717, 1.165) is 17.7 Å². The van der Waals surface area contributed by atoms with Crippen molar-refractivity contribution in [1.82, 2.24) is 10.2 Å². The minimum absolute atomic E-state index is 0.0220. The topological polar surface area (TPSA) is 58.6 Å². The van der Waals surface area contributed by atoms with E-state index >= 15 is 0 Å². The average molecular weight is 479 g/mol. The molecule has 0 heterocycles. The van der Waals surface area contributed by atoms with Crippen molar-refractivity contribution in [2.45, 2.75) is 65.6 Å². The Morgan fingerprint density at radius 1 is 1.06 bits per heavy atom. The molecule has 0 aliphatic heterocycles. The van der Waals surface area contributed by atoms with Gasteiger partial charge in [-0.25, -0.2) is 0 Å². The number of nitrogens with zero attached hydrogens (tertiary/aromatic N) is 1. The van der Waals surface area contributed by atoms with Crippen molar-refractivity contribution in [3.05, 3.63) is 63.6 Å².